The van der Waals surface area contributed by atoms with E-state index in [0.29, 0.717) is 42.5 Å². The summed E-state index contributed by atoms with van der Waals surface area (Å²) < 4.78 is 10.9. The number of anilines is 1. The van der Waals surface area contributed by atoms with Gasteiger partial charge in [-0.05, 0) is 39.0 Å². The summed E-state index contributed by atoms with van der Waals surface area (Å²) in [7, 11) is 2.96. The second-order valence-electron chi connectivity index (χ2n) is 10.6. The van der Waals surface area contributed by atoms with Crippen LogP contribution in [0.15, 0.2) is 45.3 Å². The summed E-state index contributed by atoms with van der Waals surface area (Å²) in [5.41, 5.74) is 1.91. The van der Waals surface area contributed by atoms with Gasteiger partial charge in [0.2, 0.25) is 11.7 Å². The Bertz CT molecular complexity index is 1330. The zero-order chi connectivity index (χ0) is 30.6. The van der Waals surface area contributed by atoms with Crippen LogP contribution >= 0.6 is 20.7 Å². The average molecular weight is 621 g/mol. The minimum atomic E-state index is -0.858. The summed E-state index contributed by atoms with van der Waals surface area (Å²) in [5, 5.41) is 24.5. The number of esters is 1. The van der Waals surface area contributed by atoms with Gasteiger partial charge < -0.3 is 30.0 Å². The topological polar surface area (TPSA) is 155 Å². The Morgan fingerprint density at radius 3 is 2.71 bits per heavy atom. The van der Waals surface area contributed by atoms with Crippen molar-refractivity contribution in [3.8, 4) is 10.6 Å². The van der Waals surface area contributed by atoms with Crippen molar-refractivity contribution in [2.24, 2.45) is 5.92 Å². The fourth-order valence-corrected chi connectivity index (χ4v) is 6.49. The van der Waals surface area contributed by atoms with Gasteiger partial charge in [-0.15, -0.1) is 0 Å². The highest BCUT2D eigenvalue weighted by Gasteiger charge is 2.30. The van der Waals surface area contributed by atoms with Crippen LogP contribution in [0.1, 0.15) is 72.1 Å². The van der Waals surface area contributed by atoms with E-state index in [1.807, 2.05) is 18.4 Å². The third kappa shape index (κ3) is 10.0. The molecule has 0 spiro atoms. The monoisotopic (exact) mass is 620 g/mol. The minimum Gasteiger partial charge on any atom is -0.504 e. The molecule has 3 aliphatic rings. The van der Waals surface area contributed by atoms with E-state index in [1.165, 1.54) is 26.8 Å². The average Bonchev–Trinajstić information content (AvgIpc) is 3.50. The molecule has 0 saturated carbocycles. The number of amides is 1. The zero-order valence-electron chi connectivity index (χ0n) is 24.3. The number of carbonyl (C=O) groups excluding carboxylic acids is 3. The first-order valence-corrected chi connectivity index (χ1v) is 16.4. The Morgan fingerprint density at radius 2 is 1.95 bits per heavy atom. The lowest BCUT2D eigenvalue weighted by Gasteiger charge is -2.23. The van der Waals surface area contributed by atoms with Crippen molar-refractivity contribution < 1.29 is 34.1 Å². The number of hydrogen-bond donors (Lipinski definition) is 4. The highest BCUT2D eigenvalue weighted by atomic mass is 32.9. The summed E-state index contributed by atoms with van der Waals surface area (Å²) in [6, 6.07) is 0. The molecule has 3 rings (SSSR count). The molecule has 3 aliphatic heterocycles. The first-order valence-electron chi connectivity index (χ1n) is 14.2. The predicted molar refractivity (Wildman–Crippen MR) is 164 cm³/mol. The molecule has 12 heteroatoms. The number of ketones is 1. The largest absolute Gasteiger partial charge is 0.504 e. The normalized spacial score (nSPS) is 17.7. The van der Waals surface area contributed by atoms with E-state index in [9.17, 15) is 29.4 Å². The van der Waals surface area contributed by atoms with E-state index in [1.54, 1.807) is 19.9 Å². The van der Waals surface area contributed by atoms with Crippen LogP contribution in [0.5, 0.6) is 0 Å². The van der Waals surface area contributed by atoms with Crippen LogP contribution in [-0.4, -0.2) is 58.3 Å². The van der Waals surface area contributed by atoms with Crippen molar-refractivity contribution in [2.45, 2.75) is 84.3 Å². The molecule has 0 aromatic heterocycles. The number of aliphatic hydroxyl groups is 2. The first kappa shape index (κ1) is 33.4. The number of aliphatic hydroxyl groups excluding tert-OH is 2. The maximum Gasteiger partial charge on any atom is 0.330 e. The molecule has 230 valence electrons. The Kier molecular flexibility index (Phi) is 13.2. The van der Waals surface area contributed by atoms with Crippen molar-refractivity contribution in [2.75, 3.05) is 18.5 Å². The van der Waals surface area contributed by atoms with Gasteiger partial charge >= 0.3 is 5.97 Å². The number of hydrogen-bond acceptors (Lipinski definition) is 10. The van der Waals surface area contributed by atoms with Crippen molar-refractivity contribution in [3.63, 3.8) is 0 Å². The lowest BCUT2D eigenvalue weighted by Crippen LogP contribution is -2.32. The molecule has 0 aromatic carbocycles. The summed E-state index contributed by atoms with van der Waals surface area (Å²) in [5.74, 6) is -1.51. The van der Waals surface area contributed by atoms with Gasteiger partial charge in [0.05, 0.1) is 29.9 Å². The molecular formula is C30H40N2O8S2. The molecule has 0 bridgehead atoms. The van der Waals surface area contributed by atoms with Gasteiger partial charge in [0.15, 0.2) is 5.76 Å². The molecule has 3 heterocycles. The highest BCUT2D eigenvalue weighted by Crippen LogP contribution is 2.35. The maximum absolute atomic E-state index is 12.6. The Morgan fingerprint density at radius 1 is 1.21 bits per heavy atom. The van der Waals surface area contributed by atoms with Gasteiger partial charge in [-0.2, -0.15) is 0 Å². The third-order valence-corrected chi connectivity index (χ3v) is 9.15. The van der Waals surface area contributed by atoms with Gasteiger partial charge in [-0.3, -0.25) is 14.4 Å². The lowest BCUT2D eigenvalue weighted by molar-refractivity contribution is -0.138. The Balaban J connectivity index is 1.27. The van der Waals surface area contributed by atoms with Gasteiger partial charge in [0, 0.05) is 29.9 Å². The number of allylic oxidation sites excluding steroid dienone is 1. The Hall–Kier alpha value is -3.06. The number of nitrogens with one attached hydrogen (secondary N) is 2. The number of unbranched alkanes of at least 4 members (excludes halogenated alkanes) is 4. The number of Topliss-reactive ketones (excluding diaryl/α,β-unsaturated/α-hetero) is 1. The third-order valence-electron chi connectivity index (χ3n) is 7.06. The predicted octanol–water partition coefficient (Wildman–Crippen LogP) is 5.50. The highest BCUT2D eigenvalue weighted by molar-refractivity contribution is 7.70. The van der Waals surface area contributed by atoms with Crippen molar-refractivity contribution in [1.29, 1.82) is 0 Å². The fourth-order valence-electron chi connectivity index (χ4n) is 4.33. The standard InChI is InChI=1S/C30H40N2O8S2/c1-18(14-23-28(37)27(36)21(16-40-23)11-9-10-19(2)20(3)33)15-25(35)39-13-8-6-4-5-7-12-24(34)32-26-29-22(17-41-42-29)31-30(26)38/h9-10,15,17,19-20,23,33,36H,4-8,11-14,16H2,1-3H3,(H,31,38)(H,32,34). The maximum atomic E-state index is 12.6. The van der Waals surface area contributed by atoms with Crippen LogP contribution in [0.3, 0.4) is 0 Å². The smallest absolute Gasteiger partial charge is 0.330 e. The van der Waals surface area contributed by atoms with Crippen LogP contribution in [0.25, 0.3) is 10.6 Å². The summed E-state index contributed by atoms with van der Waals surface area (Å²) >= 11 is 0. The molecular weight excluding hydrogens is 580 g/mol. The molecule has 3 atom stereocenters. The van der Waals surface area contributed by atoms with E-state index in [4.69, 9.17) is 9.47 Å². The van der Waals surface area contributed by atoms with Crippen LogP contribution in [-0.2, 0) is 23.9 Å². The van der Waals surface area contributed by atoms with Crippen LogP contribution in [0, 0.1) is 5.92 Å². The van der Waals surface area contributed by atoms with Crippen LogP contribution < -0.4 is 10.9 Å². The van der Waals surface area contributed by atoms with E-state index in [0.717, 1.165) is 29.8 Å². The number of ether oxygens (including phenoxy) is 2. The molecule has 1 amide bonds. The summed E-state index contributed by atoms with van der Waals surface area (Å²) in [4.78, 5) is 52.4. The van der Waals surface area contributed by atoms with Crippen molar-refractivity contribution in [1.82, 2.24) is 4.98 Å². The molecule has 0 fully saturated rings. The number of fused-ring (bicyclic) bond motifs is 1. The molecule has 3 unspecified atom stereocenters. The Labute approximate surface area is 252 Å². The second-order valence-corrected chi connectivity index (χ2v) is 12.7. The molecule has 4 N–H and O–H groups in total. The summed E-state index contributed by atoms with van der Waals surface area (Å²) in [6.45, 7) is 5.67. The number of H-pyrrole nitrogens is 1. The van der Waals surface area contributed by atoms with E-state index in [-0.39, 0.29) is 42.8 Å². The van der Waals surface area contributed by atoms with Crippen LogP contribution in [0.4, 0.5) is 5.69 Å². The number of rotatable bonds is 16. The lowest BCUT2D eigenvalue weighted by atomic mass is 9.97. The van der Waals surface area contributed by atoms with Gasteiger partial charge in [-0.1, -0.05) is 64.6 Å². The van der Waals surface area contributed by atoms with E-state index in [2.05, 4.69) is 10.3 Å². The molecule has 0 saturated heterocycles. The number of carbonyl (C=O) groups is 3. The van der Waals surface area contributed by atoms with Gasteiger partial charge in [-0.25, -0.2) is 4.79 Å². The molecule has 0 aliphatic carbocycles. The molecule has 0 aromatic rings. The fraction of sp³-hybridized carbons (Fsp3) is 0.533. The van der Waals surface area contributed by atoms with Crippen molar-refractivity contribution in [3.05, 3.63) is 50.9 Å². The minimum absolute atomic E-state index is 0.0390. The molecule has 42 heavy (non-hydrogen) atoms. The number of aromatic amines is 1. The summed E-state index contributed by atoms with van der Waals surface area (Å²) in [6.07, 6.45) is 8.49. The molecule has 10 nitrogen and oxygen atoms in total. The number of aromatic nitrogens is 1. The van der Waals surface area contributed by atoms with E-state index < -0.39 is 24.0 Å². The van der Waals surface area contributed by atoms with Crippen LogP contribution in [0.2, 0.25) is 0 Å². The van der Waals surface area contributed by atoms with E-state index >= 15 is 0 Å². The second kappa shape index (κ2) is 16.5. The SMILES string of the molecule is CC(=CC(=O)OCCCCCCCC(=O)Nc1c2sscc-2[nH]c1=O)CC1OCC(CC=CC(C)C(C)O)=C(O)C1=O. The van der Waals surface area contributed by atoms with Gasteiger partial charge in [0.25, 0.3) is 5.56 Å². The molecule has 0 radical (unpaired) electrons. The van der Waals surface area contributed by atoms with Crippen molar-refractivity contribution >= 4 is 44.0 Å². The first-order chi connectivity index (χ1) is 20.1. The van der Waals surface area contributed by atoms with Gasteiger partial charge in [0.1, 0.15) is 11.8 Å². The zero-order valence-corrected chi connectivity index (χ0v) is 25.9. The quantitative estimate of drug-likeness (QED) is 0.0630.